The fourth-order valence-corrected chi connectivity index (χ4v) is 9.44. The van der Waals surface area contributed by atoms with Crippen molar-refractivity contribution < 1.29 is 42.9 Å². The second-order valence-electron chi connectivity index (χ2n) is 17.2. The lowest BCUT2D eigenvalue weighted by molar-refractivity contribution is -0.138. The van der Waals surface area contributed by atoms with Crippen molar-refractivity contribution in [3.8, 4) is 28.1 Å². The van der Waals surface area contributed by atoms with Crippen LogP contribution < -0.4 is 15.4 Å². The summed E-state index contributed by atoms with van der Waals surface area (Å²) in [5.41, 5.74) is 6.43. The minimum absolute atomic E-state index is 0.0341. The van der Waals surface area contributed by atoms with Crippen molar-refractivity contribution in [3.63, 3.8) is 0 Å². The molecule has 5 aromatic rings. The molecule has 2 aromatic heterocycles. The number of rotatable bonds is 12. The number of nitrogens with one attached hydrogen (secondary N) is 4. The summed E-state index contributed by atoms with van der Waals surface area (Å²) in [7, 11) is 5.68. The number of fused-ring (bicyclic) bond motifs is 6. The maximum Gasteiger partial charge on any atom is 0.407 e. The number of methoxy groups -OCH3 is 4. The van der Waals surface area contributed by atoms with Crippen molar-refractivity contribution in [2.45, 2.75) is 89.9 Å². The summed E-state index contributed by atoms with van der Waals surface area (Å²) in [6.07, 6.45) is 1.99. The van der Waals surface area contributed by atoms with Crippen molar-refractivity contribution in [1.82, 2.24) is 40.4 Å². The summed E-state index contributed by atoms with van der Waals surface area (Å²) < 4.78 is 27.0. The van der Waals surface area contributed by atoms with Crippen molar-refractivity contribution in [2.24, 2.45) is 11.8 Å². The van der Waals surface area contributed by atoms with E-state index in [0.29, 0.717) is 37.8 Å². The molecule has 0 aliphatic carbocycles. The summed E-state index contributed by atoms with van der Waals surface area (Å²) in [4.78, 5) is 72.8. The number of likely N-dealkylation sites (tertiary alicyclic amines) is 2. The van der Waals surface area contributed by atoms with E-state index >= 15 is 0 Å². The van der Waals surface area contributed by atoms with Gasteiger partial charge in [0, 0.05) is 43.7 Å². The van der Waals surface area contributed by atoms with E-state index < -0.39 is 30.4 Å². The van der Waals surface area contributed by atoms with E-state index in [1.165, 1.54) is 21.3 Å². The minimum Gasteiger partial charge on any atom is -0.488 e. The molecule has 5 heterocycles. The first-order valence-electron chi connectivity index (χ1n) is 21.4. The Kier molecular flexibility index (Phi) is 12.3. The van der Waals surface area contributed by atoms with Gasteiger partial charge in [-0.05, 0) is 85.4 Å². The topological polar surface area (TPSA) is 202 Å². The standard InChI is InChI=1S/C46H56N8O9/c1-23(2)38(51-45(57)61-7)44(56)54-24(3)9-14-35(54)42-48-33-13-11-27-17-32-30-12-10-28(16-29(30)22-63-37(32)18-31(27)40(33)50-42)34-19-47-41(49-34)36-15-26(21-59-5)20-53(36)43(55)39(25(4)60-6)52-46(58)62-8/h10-13,16-19,23-26,35-36,38-39H,9,14-15,20-22H2,1-8H3,(H,47,49)(H,48,50)(H,51,57)(H,52,58)/t24-,25+,26-,35-,36?,38-,39-/m0/s1. The van der Waals surface area contributed by atoms with Gasteiger partial charge in [0.2, 0.25) is 11.8 Å². The molecule has 8 rings (SSSR count). The highest BCUT2D eigenvalue weighted by Crippen LogP contribution is 2.44. The number of aromatic amines is 2. The molecule has 17 heteroatoms. The Morgan fingerprint density at radius 2 is 1.63 bits per heavy atom. The van der Waals surface area contributed by atoms with Crippen LogP contribution in [0.5, 0.6) is 5.75 Å². The molecule has 1 unspecified atom stereocenters. The predicted molar refractivity (Wildman–Crippen MR) is 234 cm³/mol. The molecule has 334 valence electrons. The van der Waals surface area contributed by atoms with Crippen LogP contribution in [0.2, 0.25) is 0 Å². The maximum absolute atomic E-state index is 14.0. The van der Waals surface area contributed by atoms with E-state index in [1.807, 2.05) is 31.7 Å². The summed E-state index contributed by atoms with van der Waals surface area (Å²) in [5.74, 6) is 1.57. The van der Waals surface area contributed by atoms with Crippen LogP contribution in [0.15, 0.2) is 48.7 Å². The third-order valence-corrected chi connectivity index (χ3v) is 12.9. The van der Waals surface area contributed by atoms with E-state index in [1.54, 1.807) is 25.1 Å². The van der Waals surface area contributed by atoms with Gasteiger partial charge in [-0.15, -0.1) is 0 Å². The molecule has 2 saturated heterocycles. The smallest absolute Gasteiger partial charge is 0.407 e. The van der Waals surface area contributed by atoms with E-state index in [-0.39, 0.29) is 41.8 Å². The van der Waals surface area contributed by atoms with Crippen LogP contribution in [0, 0.1) is 11.8 Å². The zero-order chi connectivity index (χ0) is 44.7. The van der Waals surface area contributed by atoms with Gasteiger partial charge in [-0.2, -0.15) is 0 Å². The van der Waals surface area contributed by atoms with E-state index in [4.69, 9.17) is 33.7 Å². The molecule has 0 radical (unpaired) electrons. The number of hydrogen-bond acceptors (Lipinski definition) is 11. The average molecular weight is 865 g/mol. The molecule has 0 saturated carbocycles. The van der Waals surface area contributed by atoms with Crippen LogP contribution in [-0.4, -0.2) is 120 Å². The number of nitrogens with zero attached hydrogens (tertiary/aromatic N) is 4. The Bertz CT molecular complexity index is 2540. The summed E-state index contributed by atoms with van der Waals surface area (Å²) in [6, 6.07) is 12.1. The highest BCUT2D eigenvalue weighted by molar-refractivity contribution is 6.07. The summed E-state index contributed by atoms with van der Waals surface area (Å²) in [5, 5.41) is 7.35. The fourth-order valence-electron chi connectivity index (χ4n) is 9.44. The summed E-state index contributed by atoms with van der Waals surface area (Å²) >= 11 is 0. The number of hydrogen-bond donors (Lipinski definition) is 4. The van der Waals surface area contributed by atoms with Crippen LogP contribution in [0.3, 0.4) is 0 Å². The number of aromatic nitrogens is 4. The zero-order valence-corrected chi connectivity index (χ0v) is 36.9. The maximum atomic E-state index is 14.0. The van der Waals surface area contributed by atoms with Crippen molar-refractivity contribution in [3.05, 3.63) is 65.9 Å². The van der Waals surface area contributed by atoms with Gasteiger partial charge in [0.15, 0.2) is 0 Å². The predicted octanol–water partition coefficient (Wildman–Crippen LogP) is 6.39. The van der Waals surface area contributed by atoms with Crippen LogP contribution in [-0.2, 0) is 35.1 Å². The molecule has 63 heavy (non-hydrogen) atoms. The van der Waals surface area contributed by atoms with Crippen molar-refractivity contribution >= 4 is 45.8 Å². The molecule has 3 aliphatic heterocycles. The van der Waals surface area contributed by atoms with Gasteiger partial charge in [-0.25, -0.2) is 19.6 Å². The monoisotopic (exact) mass is 864 g/mol. The molecule has 0 bridgehead atoms. The number of carbonyl (C=O) groups is 4. The molecule has 7 atom stereocenters. The molecule has 0 spiro atoms. The first-order chi connectivity index (χ1) is 30.3. The average Bonchev–Trinajstić information content (AvgIpc) is 4.11. The highest BCUT2D eigenvalue weighted by Gasteiger charge is 2.43. The van der Waals surface area contributed by atoms with Crippen LogP contribution in [0.1, 0.15) is 76.3 Å². The van der Waals surface area contributed by atoms with E-state index in [2.05, 4.69) is 57.0 Å². The molecule has 3 aliphatic rings. The minimum atomic E-state index is -0.963. The van der Waals surface area contributed by atoms with Crippen molar-refractivity contribution in [1.29, 1.82) is 0 Å². The van der Waals surface area contributed by atoms with E-state index in [0.717, 1.165) is 68.3 Å². The second kappa shape index (κ2) is 17.9. The third kappa shape index (κ3) is 8.26. The lowest BCUT2D eigenvalue weighted by Gasteiger charge is -2.32. The Morgan fingerprint density at radius 3 is 2.35 bits per heavy atom. The number of carbonyl (C=O) groups excluding carboxylic acids is 4. The first-order valence-corrected chi connectivity index (χ1v) is 21.4. The van der Waals surface area contributed by atoms with Crippen LogP contribution in [0.25, 0.3) is 44.2 Å². The molecule has 4 N–H and O–H groups in total. The van der Waals surface area contributed by atoms with Gasteiger partial charge in [0.1, 0.15) is 36.1 Å². The number of benzene rings is 3. The van der Waals surface area contributed by atoms with Crippen LogP contribution in [0.4, 0.5) is 9.59 Å². The largest absolute Gasteiger partial charge is 0.488 e. The second-order valence-corrected chi connectivity index (χ2v) is 17.2. The zero-order valence-electron chi connectivity index (χ0n) is 36.9. The van der Waals surface area contributed by atoms with Gasteiger partial charge < -0.3 is 54.1 Å². The van der Waals surface area contributed by atoms with Gasteiger partial charge in [-0.3, -0.25) is 9.59 Å². The molecular formula is C46H56N8O9. The van der Waals surface area contributed by atoms with Gasteiger partial charge in [0.05, 0.1) is 61.9 Å². The molecule has 4 amide bonds. The van der Waals surface area contributed by atoms with Gasteiger partial charge in [0.25, 0.3) is 0 Å². The fraction of sp³-hybridized carbons (Fsp3) is 0.478. The Balaban J connectivity index is 1.05. The first kappa shape index (κ1) is 43.4. The SMILES string of the molecule is COC[C@H]1CC(c2ncc(-c3ccc4c(c3)COc3cc5c(ccc6nc([C@@H]7CC[C@H](C)N7C(=O)[C@@H](NC(=O)OC)C(C)C)[nH]c65)cc3-4)[nH]2)N(C(=O)[C@@H](NC(=O)OC)[C@@H](C)OC)C1. The van der Waals surface area contributed by atoms with E-state index in [9.17, 15) is 19.2 Å². The number of alkyl carbamates (subject to hydrolysis) is 2. The Hall–Kier alpha value is -6.20. The van der Waals surface area contributed by atoms with Crippen LogP contribution >= 0.6 is 0 Å². The molecule has 2 fully saturated rings. The number of amides is 4. The summed E-state index contributed by atoms with van der Waals surface area (Å²) in [6.45, 7) is 8.82. The quantitative estimate of drug-likeness (QED) is 0.108. The number of imidazole rings is 2. The molecule has 17 nitrogen and oxygen atoms in total. The van der Waals surface area contributed by atoms with Gasteiger partial charge >= 0.3 is 12.2 Å². The number of H-pyrrole nitrogens is 2. The lowest BCUT2D eigenvalue weighted by atomic mass is 9.92. The van der Waals surface area contributed by atoms with Gasteiger partial charge in [-0.1, -0.05) is 32.0 Å². The highest BCUT2D eigenvalue weighted by atomic mass is 16.5. The molecule has 3 aromatic carbocycles. The van der Waals surface area contributed by atoms with Crippen molar-refractivity contribution in [2.75, 3.05) is 41.6 Å². The normalized spacial score (nSPS) is 20.8. The Labute approximate surface area is 365 Å². The third-order valence-electron chi connectivity index (χ3n) is 12.9. The molecular weight excluding hydrogens is 809 g/mol. The Morgan fingerprint density at radius 1 is 0.873 bits per heavy atom. The number of ether oxygens (including phenoxy) is 5. The lowest BCUT2D eigenvalue weighted by Crippen LogP contribution is -2.54.